The highest BCUT2D eigenvalue weighted by atomic mass is 79.9. The summed E-state index contributed by atoms with van der Waals surface area (Å²) in [5, 5.41) is 12.8. The van der Waals surface area contributed by atoms with E-state index in [2.05, 4.69) is 46.4 Å². The molecule has 1 heterocycles. The second kappa shape index (κ2) is 6.04. The van der Waals surface area contributed by atoms with Crippen molar-refractivity contribution < 1.29 is 5.11 Å². The van der Waals surface area contributed by atoms with Crippen molar-refractivity contribution in [3.05, 3.63) is 20.8 Å². The van der Waals surface area contributed by atoms with Gasteiger partial charge in [0.2, 0.25) is 0 Å². The average Bonchev–Trinajstić information content (AvgIpc) is 2.75. The van der Waals surface area contributed by atoms with Crippen LogP contribution < -0.4 is 0 Å². The van der Waals surface area contributed by atoms with Crippen LogP contribution in [0.2, 0.25) is 0 Å². The molecular weight excluding hydrogens is 310 g/mol. The van der Waals surface area contributed by atoms with Crippen LogP contribution in [-0.2, 0) is 6.42 Å². The molecule has 0 spiro atoms. The van der Waals surface area contributed by atoms with Crippen molar-refractivity contribution in [2.24, 2.45) is 0 Å². The standard InChI is InChI=1S/C14H22BrNOS/c1-16(2)14(6-4-3-5-7-14)13(17)9-12-8-11(15)10-18-12/h8,10,13,17H,3-7,9H2,1-2H3. The van der Waals surface area contributed by atoms with E-state index in [-0.39, 0.29) is 11.6 Å². The Morgan fingerprint density at radius 3 is 2.56 bits per heavy atom. The Kier molecular flexibility index (Phi) is 4.86. The van der Waals surface area contributed by atoms with Crippen molar-refractivity contribution in [1.29, 1.82) is 0 Å². The van der Waals surface area contributed by atoms with E-state index in [1.165, 1.54) is 24.1 Å². The Bertz CT molecular complexity index is 385. The minimum absolute atomic E-state index is 0.0191. The number of thiophene rings is 1. The molecule has 0 bridgehead atoms. The normalized spacial score (nSPS) is 21.2. The first-order chi connectivity index (χ1) is 8.54. The highest BCUT2D eigenvalue weighted by Crippen LogP contribution is 2.37. The van der Waals surface area contributed by atoms with Crippen molar-refractivity contribution in [3.63, 3.8) is 0 Å². The highest BCUT2D eigenvalue weighted by Gasteiger charge is 2.40. The van der Waals surface area contributed by atoms with Gasteiger partial charge in [-0.15, -0.1) is 11.3 Å². The number of nitrogens with zero attached hydrogens (tertiary/aromatic N) is 1. The topological polar surface area (TPSA) is 23.5 Å². The first-order valence-electron chi connectivity index (χ1n) is 6.63. The summed E-state index contributed by atoms with van der Waals surface area (Å²) in [6.07, 6.45) is 6.54. The van der Waals surface area contributed by atoms with Crippen LogP contribution in [0, 0.1) is 0 Å². The Morgan fingerprint density at radius 1 is 1.39 bits per heavy atom. The van der Waals surface area contributed by atoms with Crippen molar-refractivity contribution in [2.75, 3.05) is 14.1 Å². The van der Waals surface area contributed by atoms with Crippen molar-refractivity contribution in [2.45, 2.75) is 50.2 Å². The second-order valence-corrected chi connectivity index (χ2v) is 7.42. The predicted molar refractivity (Wildman–Crippen MR) is 81.2 cm³/mol. The van der Waals surface area contributed by atoms with Crippen LogP contribution in [-0.4, -0.2) is 35.7 Å². The number of aliphatic hydroxyl groups is 1. The lowest BCUT2D eigenvalue weighted by Gasteiger charge is -2.46. The van der Waals surface area contributed by atoms with Crippen LogP contribution >= 0.6 is 27.3 Å². The average molecular weight is 332 g/mol. The molecule has 18 heavy (non-hydrogen) atoms. The molecule has 1 N–H and O–H groups in total. The van der Waals surface area contributed by atoms with E-state index >= 15 is 0 Å². The molecule has 0 aliphatic heterocycles. The third-order valence-electron chi connectivity index (χ3n) is 4.25. The van der Waals surface area contributed by atoms with Gasteiger partial charge in [-0.2, -0.15) is 0 Å². The summed E-state index contributed by atoms with van der Waals surface area (Å²) in [7, 11) is 4.22. The molecule has 2 rings (SSSR count). The number of rotatable bonds is 4. The van der Waals surface area contributed by atoms with Crippen molar-refractivity contribution in [3.8, 4) is 0 Å². The largest absolute Gasteiger partial charge is 0.391 e. The molecule has 1 unspecified atom stereocenters. The van der Waals surface area contributed by atoms with E-state index in [4.69, 9.17) is 0 Å². The predicted octanol–water partition coefficient (Wildman–Crippen LogP) is 3.68. The zero-order valence-corrected chi connectivity index (χ0v) is 13.6. The Balaban J connectivity index is 2.10. The zero-order valence-electron chi connectivity index (χ0n) is 11.2. The minimum atomic E-state index is -0.265. The molecular formula is C14H22BrNOS. The van der Waals surface area contributed by atoms with Gasteiger partial charge in [0.1, 0.15) is 0 Å². The van der Waals surface area contributed by atoms with Gasteiger partial charge in [0.05, 0.1) is 6.10 Å². The van der Waals surface area contributed by atoms with E-state index in [9.17, 15) is 5.11 Å². The fraction of sp³-hybridized carbons (Fsp3) is 0.714. The maximum Gasteiger partial charge on any atom is 0.0771 e. The van der Waals surface area contributed by atoms with Crippen molar-refractivity contribution in [1.82, 2.24) is 4.90 Å². The number of aliphatic hydroxyl groups excluding tert-OH is 1. The molecule has 102 valence electrons. The smallest absolute Gasteiger partial charge is 0.0771 e. The van der Waals surface area contributed by atoms with E-state index in [1.54, 1.807) is 11.3 Å². The van der Waals surface area contributed by atoms with Crippen LogP contribution in [0.25, 0.3) is 0 Å². The SMILES string of the molecule is CN(C)C1(C(O)Cc2cc(Br)cs2)CCCCC1. The van der Waals surface area contributed by atoms with Gasteiger partial charge in [0, 0.05) is 26.7 Å². The first-order valence-corrected chi connectivity index (χ1v) is 8.30. The van der Waals surface area contributed by atoms with E-state index in [0.717, 1.165) is 23.7 Å². The summed E-state index contributed by atoms with van der Waals surface area (Å²) in [5.74, 6) is 0. The Morgan fingerprint density at radius 2 is 2.06 bits per heavy atom. The minimum Gasteiger partial charge on any atom is -0.391 e. The third kappa shape index (κ3) is 2.98. The van der Waals surface area contributed by atoms with Gasteiger partial charge in [-0.1, -0.05) is 19.3 Å². The van der Waals surface area contributed by atoms with E-state index < -0.39 is 0 Å². The summed E-state index contributed by atoms with van der Waals surface area (Å²) >= 11 is 5.21. The number of halogens is 1. The quantitative estimate of drug-likeness (QED) is 0.909. The molecule has 0 radical (unpaired) electrons. The Hall–Kier alpha value is 0.1000. The Labute approximate surface area is 122 Å². The summed E-state index contributed by atoms with van der Waals surface area (Å²) in [6, 6.07) is 2.13. The molecule has 1 saturated carbocycles. The number of likely N-dealkylation sites (N-methyl/N-ethyl adjacent to an activating group) is 1. The first kappa shape index (κ1) is 14.5. The highest BCUT2D eigenvalue weighted by molar-refractivity contribution is 9.10. The van der Waals surface area contributed by atoms with Gasteiger partial charge in [-0.3, -0.25) is 0 Å². The van der Waals surface area contributed by atoms with Crippen LogP contribution in [0.5, 0.6) is 0 Å². The maximum atomic E-state index is 10.7. The monoisotopic (exact) mass is 331 g/mol. The van der Waals surface area contributed by atoms with Gasteiger partial charge in [0.25, 0.3) is 0 Å². The maximum absolute atomic E-state index is 10.7. The summed E-state index contributed by atoms with van der Waals surface area (Å²) in [5.41, 5.74) is -0.0191. The lowest BCUT2D eigenvalue weighted by atomic mass is 9.75. The fourth-order valence-corrected chi connectivity index (χ4v) is 4.57. The molecule has 1 atom stereocenters. The number of hydrogen-bond donors (Lipinski definition) is 1. The molecule has 4 heteroatoms. The van der Waals surface area contributed by atoms with Gasteiger partial charge < -0.3 is 10.0 Å². The third-order valence-corrected chi connectivity index (χ3v) is 5.97. The second-order valence-electron chi connectivity index (χ2n) is 5.51. The van der Waals surface area contributed by atoms with E-state index in [0.29, 0.717) is 0 Å². The van der Waals surface area contributed by atoms with Gasteiger partial charge in [0.15, 0.2) is 0 Å². The van der Waals surface area contributed by atoms with Crippen LogP contribution in [0.1, 0.15) is 37.0 Å². The molecule has 1 aromatic rings. The molecule has 1 aliphatic carbocycles. The van der Waals surface area contributed by atoms with Crippen LogP contribution in [0.15, 0.2) is 15.9 Å². The molecule has 0 amide bonds. The molecule has 1 aliphatic rings. The summed E-state index contributed by atoms with van der Waals surface area (Å²) in [4.78, 5) is 3.51. The fourth-order valence-electron chi connectivity index (χ4n) is 3.08. The summed E-state index contributed by atoms with van der Waals surface area (Å²) in [6.45, 7) is 0. The summed E-state index contributed by atoms with van der Waals surface area (Å²) < 4.78 is 1.12. The van der Waals surface area contributed by atoms with Crippen molar-refractivity contribution >= 4 is 27.3 Å². The molecule has 1 fully saturated rings. The van der Waals surface area contributed by atoms with Gasteiger partial charge >= 0.3 is 0 Å². The molecule has 0 aromatic carbocycles. The zero-order chi connectivity index (χ0) is 13.2. The lowest BCUT2D eigenvalue weighted by molar-refractivity contribution is -0.0306. The van der Waals surface area contributed by atoms with Crippen LogP contribution in [0.4, 0.5) is 0 Å². The van der Waals surface area contributed by atoms with Gasteiger partial charge in [-0.25, -0.2) is 0 Å². The van der Waals surface area contributed by atoms with Gasteiger partial charge in [-0.05, 0) is 48.9 Å². The van der Waals surface area contributed by atoms with E-state index in [1.807, 2.05) is 0 Å². The lowest BCUT2D eigenvalue weighted by Crippen LogP contribution is -2.55. The molecule has 0 saturated heterocycles. The number of hydrogen-bond acceptors (Lipinski definition) is 3. The molecule has 2 nitrogen and oxygen atoms in total. The molecule has 1 aromatic heterocycles. The van der Waals surface area contributed by atoms with Crippen LogP contribution in [0.3, 0.4) is 0 Å².